The van der Waals surface area contributed by atoms with Gasteiger partial charge < -0.3 is 19.9 Å². The van der Waals surface area contributed by atoms with Crippen molar-refractivity contribution in [3.63, 3.8) is 0 Å². The molecule has 2 rings (SSSR count). The van der Waals surface area contributed by atoms with Gasteiger partial charge >= 0.3 is 5.97 Å². The van der Waals surface area contributed by atoms with Gasteiger partial charge in [-0.3, -0.25) is 19.5 Å². The highest BCUT2D eigenvalue weighted by Gasteiger charge is 2.31. The molecule has 1 N–H and O–H groups in total. The number of carbonyl (C=O) groups excluding carboxylic acids is 2. The molecule has 2 aliphatic rings. The number of halogens is 1. The summed E-state index contributed by atoms with van der Waals surface area (Å²) in [6.45, 7) is 4.36. The molecular weight excluding hydrogens is 473 g/mol. The summed E-state index contributed by atoms with van der Waals surface area (Å²) in [6, 6.07) is 0.0386. The number of piperidine rings is 1. The Kier molecular flexibility index (Phi) is 11.1. The van der Waals surface area contributed by atoms with E-state index in [1.54, 1.807) is 11.9 Å². The van der Waals surface area contributed by atoms with Crippen molar-refractivity contribution < 1.29 is 14.3 Å². The molecule has 162 valence electrons. The Morgan fingerprint density at radius 1 is 1.18 bits per heavy atom. The van der Waals surface area contributed by atoms with Gasteiger partial charge in [-0.15, -0.1) is 24.0 Å². The predicted molar refractivity (Wildman–Crippen MR) is 121 cm³/mol. The van der Waals surface area contributed by atoms with Crippen molar-refractivity contribution in [3.8, 4) is 0 Å². The third kappa shape index (κ3) is 6.75. The summed E-state index contributed by atoms with van der Waals surface area (Å²) in [6.07, 6.45) is 4.62. The quantitative estimate of drug-likeness (QED) is 0.189. The minimum absolute atomic E-state index is 0. The Bertz CT molecular complexity index is 536. The molecule has 1 amide bonds. The molecule has 1 unspecified atom stereocenters. The Hall–Kier alpha value is -1.10. The number of hydrogen-bond donors (Lipinski definition) is 1. The van der Waals surface area contributed by atoms with Gasteiger partial charge in [-0.05, 0) is 38.6 Å². The lowest BCUT2D eigenvalue weighted by Gasteiger charge is -2.33. The number of guanidine groups is 1. The van der Waals surface area contributed by atoms with Crippen LogP contribution in [-0.2, 0) is 14.3 Å². The van der Waals surface area contributed by atoms with E-state index in [4.69, 9.17) is 4.74 Å². The van der Waals surface area contributed by atoms with Crippen LogP contribution in [0.1, 0.15) is 32.1 Å². The van der Waals surface area contributed by atoms with Crippen molar-refractivity contribution >= 4 is 41.8 Å². The van der Waals surface area contributed by atoms with Crippen molar-refractivity contribution in [1.29, 1.82) is 0 Å². The van der Waals surface area contributed by atoms with Gasteiger partial charge in [0.1, 0.15) is 0 Å². The van der Waals surface area contributed by atoms with E-state index in [-0.39, 0.29) is 47.8 Å². The third-order valence-electron chi connectivity index (χ3n) is 5.54. The minimum atomic E-state index is -0.106. The van der Waals surface area contributed by atoms with Gasteiger partial charge in [0.25, 0.3) is 0 Å². The molecule has 8 nitrogen and oxygen atoms in total. The standard InChI is InChI=1S/C19H35N5O3.HI/c1-20-19(24-13-8-15(9-14-24)18(26)27-4)21-10-6-12-23-11-5-7-16(23)17(25)22(2)3;/h15-16H,5-14H2,1-4H3,(H,20,21);1H. The zero-order chi connectivity index (χ0) is 19.8. The zero-order valence-corrected chi connectivity index (χ0v) is 20.0. The fourth-order valence-corrected chi connectivity index (χ4v) is 3.98. The van der Waals surface area contributed by atoms with Crippen LogP contribution >= 0.6 is 24.0 Å². The number of likely N-dealkylation sites (N-methyl/N-ethyl adjacent to an activating group) is 1. The Morgan fingerprint density at radius 3 is 2.43 bits per heavy atom. The topological polar surface area (TPSA) is 77.5 Å². The fourth-order valence-electron chi connectivity index (χ4n) is 3.98. The first kappa shape index (κ1) is 24.9. The predicted octanol–water partition coefficient (Wildman–Crippen LogP) is 1.01. The smallest absolute Gasteiger partial charge is 0.308 e. The van der Waals surface area contributed by atoms with Crippen LogP contribution in [0.3, 0.4) is 0 Å². The van der Waals surface area contributed by atoms with Crippen LogP contribution in [0.2, 0.25) is 0 Å². The van der Waals surface area contributed by atoms with E-state index in [2.05, 4.69) is 20.1 Å². The lowest BCUT2D eigenvalue weighted by molar-refractivity contribution is -0.146. The normalized spacial score (nSPS) is 21.2. The maximum absolute atomic E-state index is 12.3. The molecule has 0 radical (unpaired) electrons. The lowest BCUT2D eigenvalue weighted by Crippen LogP contribution is -2.47. The molecular formula is C19H36IN5O3. The van der Waals surface area contributed by atoms with Gasteiger partial charge in [-0.1, -0.05) is 0 Å². The molecule has 9 heteroatoms. The average molecular weight is 509 g/mol. The van der Waals surface area contributed by atoms with Crippen LogP contribution in [0.4, 0.5) is 0 Å². The van der Waals surface area contributed by atoms with Crippen LogP contribution in [0.5, 0.6) is 0 Å². The van der Waals surface area contributed by atoms with E-state index in [0.29, 0.717) is 0 Å². The van der Waals surface area contributed by atoms with E-state index in [1.807, 2.05) is 14.1 Å². The summed E-state index contributed by atoms with van der Waals surface area (Å²) in [7, 11) is 6.90. The van der Waals surface area contributed by atoms with Crippen molar-refractivity contribution in [2.24, 2.45) is 10.9 Å². The number of aliphatic imine (C=N–C) groups is 1. The van der Waals surface area contributed by atoms with E-state index in [9.17, 15) is 9.59 Å². The van der Waals surface area contributed by atoms with Crippen LogP contribution in [0, 0.1) is 5.92 Å². The molecule has 2 fully saturated rings. The van der Waals surface area contributed by atoms with Gasteiger partial charge in [0, 0.05) is 47.3 Å². The molecule has 2 saturated heterocycles. The maximum atomic E-state index is 12.3. The molecule has 0 spiro atoms. The molecule has 28 heavy (non-hydrogen) atoms. The SMILES string of the molecule is CN=C(NCCCN1CCCC1C(=O)N(C)C)N1CCC(C(=O)OC)CC1.I. The summed E-state index contributed by atoms with van der Waals surface area (Å²) in [5.41, 5.74) is 0. The fraction of sp³-hybridized carbons (Fsp3) is 0.842. The Morgan fingerprint density at radius 2 is 1.86 bits per heavy atom. The van der Waals surface area contributed by atoms with Gasteiger partial charge in [0.05, 0.1) is 19.1 Å². The number of hydrogen-bond acceptors (Lipinski definition) is 5. The number of amides is 1. The molecule has 0 aromatic rings. The highest BCUT2D eigenvalue weighted by Crippen LogP contribution is 2.19. The van der Waals surface area contributed by atoms with Crippen molar-refractivity contribution in [3.05, 3.63) is 0 Å². The molecule has 0 aromatic heterocycles. The van der Waals surface area contributed by atoms with Crippen LogP contribution in [0.15, 0.2) is 4.99 Å². The molecule has 0 bridgehead atoms. The maximum Gasteiger partial charge on any atom is 0.308 e. The summed E-state index contributed by atoms with van der Waals surface area (Å²) < 4.78 is 4.85. The van der Waals surface area contributed by atoms with Crippen LogP contribution in [-0.4, -0.2) is 99.6 Å². The molecule has 2 heterocycles. The second-order valence-electron chi connectivity index (χ2n) is 7.54. The second kappa shape index (κ2) is 12.5. The summed E-state index contributed by atoms with van der Waals surface area (Å²) in [4.78, 5) is 34.5. The van der Waals surface area contributed by atoms with Crippen molar-refractivity contribution in [2.45, 2.75) is 38.1 Å². The first-order chi connectivity index (χ1) is 13.0. The Balaban J connectivity index is 0.00000392. The van der Waals surface area contributed by atoms with Crippen molar-refractivity contribution in [1.82, 2.24) is 20.0 Å². The lowest BCUT2D eigenvalue weighted by atomic mass is 9.97. The van der Waals surface area contributed by atoms with E-state index < -0.39 is 0 Å². The summed E-state index contributed by atoms with van der Waals surface area (Å²) >= 11 is 0. The number of ether oxygens (including phenoxy) is 1. The van der Waals surface area contributed by atoms with E-state index in [0.717, 1.165) is 70.8 Å². The van der Waals surface area contributed by atoms with Crippen LogP contribution in [0.25, 0.3) is 0 Å². The third-order valence-corrected chi connectivity index (χ3v) is 5.54. The number of likely N-dealkylation sites (tertiary alicyclic amines) is 2. The highest BCUT2D eigenvalue weighted by atomic mass is 127. The largest absolute Gasteiger partial charge is 0.469 e. The first-order valence-corrected chi connectivity index (χ1v) is 9.96. The summed E-state index contributed by atoms with van der Waals surface area (Å²) in [5, 5.41) is 3.43. The highest BCUT2D eigenvalue weighted by molar-refractivity contribution is 14.0. The second-order valence-corrected chi connectivity index (χ2v) is 7.54. The zero-order valence-electron chi connectivity index (χ0n) is 17.6. The number of nitrogens with one attached hydrogen (secondary N) is 1. The number of carbonyl (C=O) groups is 2. The van der Waals surface area contributed by atoms with Gasteiger partial charge in [-0.25, -0.2) is 0 Å². The minimum Gasteiger partial charge on any atom is -0.469 e. The number of nitrogens with zero attached hydrogens (tertiary/aromatic N) is 4. The summed E-state index contributed by atoms with van der Waals surface area (Å²) in [5.74, 6) is 1.00. The monoisotopic (exact) mass is 509 g/mol. The van der Waals surface area contributed by atoms with Crippen LogP contribution < -0.4 is 5.32 Å². The van der Waals surface area contributed by atoms with Gasteiger partial charge in [-0.2, -0.15) is 0 Å². The number of rotatable bonds is 6. The molecule has 2 aliphatic heterocycles. The number of methoxy groups -OCH3 is 1. The van der Waals surface area contributed by atoms with Crippen molar-refractivity contribution in [2.75, 3.05) is 61.0 Å². The molecule has 1 atom stereocenters. The average Bonchev–Trinajstić information content (AvgIpc) is 3.15. The van der Waals surface area contributed by atoms with Gasteiger partial charge in [0.2, 0.25) is 5.91 Å². The molecule has 0 aromatic carbocycles. The molecule has 0 saturated carbocycles. The first-order valence-electron chi connectivity index (χ1n) is 9.96. The molecule has 0 aliphatic carbocycles. The van der Waals surface area contributed by atoms with E-state index >= 15 is 0 Å². The Labute approximate surface area is 186 Å². The van der Waals surface area contributed by atoms with Gasteiger partial charge in [0.15, 0.2) is 5.96 Å². The number of esters is 1. The van der Waals surface area contributed by atoms with E-state index in [1.165, 1.54) is 7.11 Å².